The van der Waals surface area contributed by atoms with E-state index in [2.05, 4.69) is 30.7 Å². The smallest absolute Gasteiger partial charge is 0.0221 e. The van der Waals surface area contributed by atoms with Crippen LogP contribution < -0.4 is 5.73 Å². The maximum absolute atomic E-state index is 5.61. The summed E-state index contributed by atoms with van der Waals surface area (Å²) >= 11 is 0. The van der Waals surface area contributed by atoms with Crippen LogP contribution in [0, 0.1) is 5.92 Å². The zero-order valence-corrected chi connectivity index (χ0v) is 11.3. The standard InChI is InChI=1S/C13H29N3/c1-12(2)6-9-16-8-4-5-13(11-16)15(3)10-7-14/h12-13H,4-11,14H2,1-3H3. The van der Waals surface area contributed by atoms with Gasteiger partial charge in [0.05, 0.1) is 0 Å². The molecule has 0 aromatic carbocycles. The van der Waals surface area contributed by atoms with Crippen molar-refractivity contribution >= 4 is 0 Å². The summed E-state index contributed by atoms with van der Waals surface area (Å²) < 4.78 is 0. The van der Waals surface area contributed by atoms with Crippen LogP contribution in [0.3, 0.4) is 0 Å². The van der Waals surface area contributed by atoms with E-state index < -0.39 is 0 Å². The highest BCUT2D eigenvalue weighted by Crippen LogP contribution is 2.15. The predicted molar refractivity (Wildman–Crippen MR) is 70.6 cm³/mol. The first-order valence-electron chi connectivity index (χ1n) is 6.76. The van der Waals surface area contributed by atoms with Crippen molar-refractivity contribution in [2.45, 2.75) is 39.2 Å². The zero-order valence-electron chi connectivity index (χ0n) is 11.3. The minimum atomic E-state index is 0.726. The van der Waals surface area contributed by atoms with Gasteiger partial charge in [-0.05, 0) is 45.3 Å². The molecule has 0 bridgehead atoms. The summed E-state index contributed by atoms with van der Waals surface area (Å²) in [5, 5.41) is 0. The van der Waals surface area contributed by atoms with E-state index in [-0.39, 0.29) is 0 Å². The summed E-state index contributed by atoms with van der Waals surface area (Å²) in [6, 6.07) is 0.726. The van der Waals surface area contributed by atoms with Crippen molar-refractivity contribution in [3.8, 4) is 0 Å². The van der Waals surface area contributed by atoms with Crippen molar-refractivity contribution in [2.24, 2.45) is 11.7 Å². The number of hydrogen-bond acceptors (Lipinski definition) is 3. The van der Waals surface area contributed by atoms with E-state index in [0.29, 0.717) is 0 Å². The van der Waals surface area contributed by atoms with Crippen LogP contribution in [0.15, 0.2) is 0 Å². The van der Waals surface area contributed by atoms with Gasteiger partial charge in [0, 0.05) is 25.7 Å². The molecule has 1 rings (SSSR count). The van der Waals surface area contributed by atoms with E-state index in [1.165, 1.54) is 38.9 Å². The highest BCUT2D eigenvalue weighted by Gasteiger charge is 2.22. The summed E-state index contributed by atoms with van der Waals surface area (Å²) in [4.78, 5) is 5.06. The van der Waals surface area contributed by atoms with Crippen LogP contribution >= 0.6 is 0 Å². The van der Waals surface area contributed by atoms with Gasteiger partial charge >= 0.3 is 0 Å². The molecule has 1 aliphatic rings. The van der Waals surface area contributed by atoms with Crippen LogP contribution in [0.4, 0.5) is 0 Å². The lowest BCUT2D eigenvalue weighted by molar-refractivity contribution is 0.115. The van der Waals surface area contributed by atoms with Gasteiger partial charge < -0.3 is 15.5 Å². The van der Waals surface area contributed by atoms with Gasteiger partial charge in [0.1, 0.15) is 0 Å². The van der Waals surface area contributed by atoms with Gasteiger partial charge in [0.15, 0.2) is 0 Å². The molecule has 0 aromatic rings. The van der Waals surface area contributed by atoms with Crippen LogP contribution in [0.5, 0.6) is 0 Å². The van der Waals surface area contributed by atoms with Gasteiger partial charge in [-0.1, -0.05) is 13.8 Å². The molecule has 1 unspecified atom stereocenters. The molecular weight excluding hydrogens is 198 g/mol. The molecule has 0 aromatic heterocycles. The number of likely N-dealkylation sites (tertiary alicyclic amines) is 1. The first-order chi connectivity index (χ1) is 7.63. The zero-order chi connectivity index (χ0) is 12.0. The van der Waals surface area contributed by atoms with E-state index in [1.54, 1.807) is 0 Å². The minimum Gasteiger partial charge on any atom is -0.329 e. The Morgan fingerprint density at radius 1 is 1.44 bits per heavy atom. The lowest BCUT2D eigenvalue weighted by Crippen LogP contribution is -2.48. The summed E-state index contributed by atoms with van der Waals surface area (Å²) in [7, 11) is 2.21. The summed E-state index contributed by atoms with van der Waals surface area (Å²) in [6.45, 7) is 10.2. The number of nitrogens with zero attached hydrogens (tertiary/aromatic N) is 2. The van der Waals surface area contributed by atoms with Crippen molar-refractivity contribution in [2.75, 3.05) is 39.8 Å². The number of nitrogens with two attached hydrogens (primary N) is 1. The Hall–Kier alpha value is -0.120. The third kappa shape index (κ3) is 4.81. The molecule has 2 N–H and O–H groups in total. The Kier molecular flexibility index (Phi) is 6.32. The maximum atomic E-state index is 5.61. The predicted octanol–water partition coefficient (Wildman–Crippen LogP) is 1.39. The highest BCUT2D eigenvalue weighted by atomic mass is 15.2. The Morgan fingerprint density at radius 3 is 2.81 bits per heavy atom. The maximum Gasteiger partial charge on any atom is 0.0221 e. The molecule has 3 nitrogen and oxygen atoms in total. The number of likely N-dealkylation sites (N-methyl/N-ethyl adjacent to an activating group) is 1. The normalized spacial score (nSPS) is 23.2. The van der Waals surface area contributed by atoms with E-state index in [1.807, 2.05) is 0 Å². The molecule has 16 heavy (non-hydrogen) atoms. The van der Waals surface area contributed by atoms with Crippen LogP contribution in [0.1, 0.15) is 33.1 Å². The third-order valence-electron chi connectivity index (χ3n) is 3.61. The van der Waals surface area contributed by atoms with E-state index in [4.69, 9.17) is 5.73 Å². The van der Waals surface area contributed by atoms with E-state index >= 15 is 0 Å². The van der Waals surface area contributed by atoms with Gasteiger partial charge in [0.2, 0.25) is 0 Å². The SMILES string of the molecule is CC(C)CCN1CCCC(N(C)CCN)C1. The van der Waals surface area contributed by atoms with Crippen molar-refractivity contribution in [1.82, 2.24) is 9.80 Å². The highest BCUT2D eigenvalue weighted by molar-refractivity contribution is 4.79. The fourth-order valence-corrected chi connectivity index (χ4v) is 2.42. The Bertz CT molecular complexity index is 182. The molecule has 0 radical (unpaired) electrons. The summed E-state index contributed by atoms with van der Waals surface area (Å²) in [5.74, 6) is 0.821. The molecule has 3 heteroatoms. The molecule has 1 atom stereocenters. The fraction of sp³-hybridized carbons (Fsp3) is 1.00. The Morgan fingerprint density at radius 2 is 2.19 bits per heavy atom. The van der Waals surface area contributed by atoms with Crippen LogP contribution in [0.2, 0.25) is 0 Å². The molecule has 1 fully saturated rings. The van der Waals surface area contributed by atoms with Gasteiger partial charge in [-0.2, -0.15) is 0 Å². The molecule has 1 heterocycles. The molecule has 0 saturated carbocycles. The van der Waals surface area contributed by atoms with Gasteiger partial charge in [0.25, 0.3) is 0 Å². The molecular formula is C13H29N3. The first kappa shape index (κ1) is 13.9. The van der Waals surface area contributed by atoms with Crippen molar-refractivity contribution < 1.29 is 0 Å². The second-order valence-electron chi connectivity index (χ2n) is 5.55. The van der Waals surface area contributed by atoms with Crippen molar-refractivity contribution in [1.29, 1.82) is 0 Å². The second kappa shape index (κ2) is 7.25. The number of piperidine rings is 1. The lowest BCUT2D eigenvalue weighted by Gasteiger charge is -2.37. The molecule has 0 amide bonds. The third-order valence-corrected chi connectivity index (χ3v) is 3.61. The second-order valence-corrected chi connectivity index (χ2v) is 5.55. The minimum absolute atomic E-state index is 0.726. The molecule has 1 aliphatic heterocycles. The Balaban J connectivity index is 2.29. The van der Waals surface area contributed by atoms with Gasteiger partial charge in [-0.3, -0.25) is 0 Å². The quantitative estimate of drug-likeness (QED) is 0.744. The summed E-state index contributed by atoms with van der Waals surface area (Å²) in [5.41, 5.74) is 5.61. The monoisotopic (exact) mass is 227 g/mol. The van der Waals surface area contributed by atoms with E-state index in [0.717, 1.165) is 25.0 Å². The fourth-order valence-electron chi connectivity index (χ4n) is 2.42. The molecule has 0 aliphatic carbocycles. The number of hydrogen-bond donors (Lipinski definition) is 1. The average Bonchev–Trinajstić information content (AvgIpc) is 2.27. The topological polar surface area (TPSA) is 32.5 Å². The van der Waals surface area contributed by atoms with Crippen molar-refractivity contribution in [3.63, 3.8) is 0 Å². The first-order valence-corrected chi connectivity index (χ1v) is 6.76. The lowest BCUT2D eigenvalue weighted by atomic mass is 10.0. The Labute approximate surface area is 101 Å². The van der Waals surface area contributed by atoms with Crippen LogP contribution in [-0.2, 0) is 0 Å². The molecule has 1 saturated heterocycles. The summed E-state index contributed by atoms with van der Waals surface area (Å²) in [6.07, 6.45) is 4.01. The van der Waals surface area contributed by atoms with Gasteiger partial charge in [-0.15, -0.1) is 0 Å². The van der Waals surface area contributed by atoms with E-state index in [9.17, 15) is 0 Å². The molecule has 0 spiro atoms. The van der Waals surface area contributed by atoms with Crippen LogP contribution in [-0.4, -0.2) is 55.6 Å². The average molecular weight is 227 g/mol. The molecule has 96 valence electrons. The number of rotatable bonds is 6. The largest absolute Gasteiger partial charge is 0.329 e. The van der Waals surface area contributed by atoms with Crippen LogP contribution in [0.25, 0.3) is 0 Å². The van der Waals surface area contributed by atoms with Crippen molar-refractivity contribution in [3.05, 3.63) is 0 Å². The van der Waals surface area contributed by atoms with Gasteiger partial charge in [-0.25, -0.2) is 0 Å².